The molecule has 0 unspecified atom stereocenters. The standard InChI is InChI=1S/C20H29N7/c1-20(2,3)17-6-7-18(23-22-17)27-12-15(13-27)26(5)19-10-14-11-25(4)9-8-16(14)21-24-19/h6-7,10,15H,8-9,11-13H2,1-5H3. The monoisotopic (exact) mass is 367 g/mol. The lowest BCUT2D eigenvalue weighted by atomic mass is 9.92. The van der Waals surface area contributed by atoms with Crippen molar-refractivity contribution in [3.63, 3.8) is 0 Å². The fraction of sp³-hybridized carbons (Fsp3) is 0.600. The van der Waals surface area contributed by atoms with Crippen molar-refractivity contribution in [3.8, 4) is 0 Å². The van der Waals surface area contributed by atoms with Gasteiger partial charge in [-0.1, -0.05) is 20.8 Å². The van der Waals surface area contributed by atoms with E-state index >= 15 is 0 Å². The van der Waals surface area contributed by atoms with Gasteiger partial charge in [0.1, 0.15) is 0 Å². The lowest BCUT2D eigenvalue weighted by molar-refractivity contribution is 0.308. The van der Waals surface area contributed by atoms with Crippen LogP contribution >= 0.6 is 0 Å². The Morgan fingerprint density at radius 2 is 1.85 bits per heavy atom. The molecule has 0 spiro atoms. The van der Waals surface area contributed by atoms with Gasteiger partial charge in [0.2, 0.25) is 0 Å². The largest absolute Gasteiger partial charge is 0.352 e. The van der Waals surface area contributed by atoms with Crippen LogP contribution in [0.3, 0.4) is 0 Å². The number of nitrogens with zero attached hydrogens (tertiary/aromatic N) is 7. The Bertz CT molecular complexity index is 806. The van der Waals surface area contributed by atoms with Gasteiger partial charge in [-0.15, -0.1) is 10.2 Å². The Morgan fingerprint density at radius 1 is 1.07 bits per heavy atom. The van der Waals surface area contributed by atoms with E-state index < -0.39 is 0 Å². The molecule has 0 N–H and O–H groups in total. The highest BCUT2D eigenvalue weighted by molar-refractivity contribution is 5.49. The van der Waals surface area contributed by atoms with Crippen molar-refractivity contribution in [1.82, 2.24) is 25.3 Å². The fourth-order valence-corrected chi connectivity index (χ4v) is 3.60. The third-order valence-corrected chi connectivity index (χ3v) is 5.63. The molecule has 0 aromatic carbocycles. The minimum atomic E-state index is 0.0302. The topological polar surface area (TPSA) is 61.3 Å². The van der Waals surface area contributed by atoms with Gasteiger partial charge in [-0.25, -0.2) is 0 Å². The Morgan fingerprint density at radius 3 is 2.52 bits per heavy atom. The molecule has 2 aromatic heterocycles. The first kappa shape index (κ1) is 18.1. The number of anilines is 2. The number of fused-ring (bicyclic) bond motifs is 1. The summed E-state index contributed by atoms with van der Waals surface area (Å²) in [7, 11) is 4.27. The van der Waals surface area contributed by atoms with Crippen LogP contribution in [0.25, 0.3) is 0 Å². The SMILES string of the molecule is CN1CCc2nnc(N(C)C3CN(c4ccc(C(C)(C)C)nn4)C3)cc2C1. The Kier molecular flexibility index (Phi) is 4.50. The van der Waals surface area contributed by atoms with Crippen molar-refractivity contribution in [3.05, 3.63) is 35.2 Å². The maximum absolute atomic E-state index is 4.47. The molecule has 0 amide bonds. The van der Waals surface area contributed by atoms with Crippen LogP contribution in [0.5, 0.6) is 0 Å². The highest BCUT2D eigenvalue weighted by atomic mass is 15.4. The average Bonchev–Trinajstić information content (AvgIpc) is 2.59. The smallest absolute Gasteiger partial charge is 0.151 e. The van der Waals surface area contributed by atoms with Crippen LogP contribution in [0.4, 0.5) is 11.6 Å². The molecule has 4 rings (SSSR count). The van der Waals surface area contributed by atoms with Crippen LogP contribution < -0.4 is 9.80 Å². The van der Waals surface area contributed by atoms with E-state index in [1.807, 2.05) is 0 Å². The van der Waals surface area contributed by atoms with Crippen molar-refractivity contribution >= 4 is 11.6 Å². The summed E-state index contributed by atoms with van der Waals surface area (Å²) in [5, 5.41) is 17.8. The molecule has 0 aliphatic carbocycles. The summed E-state index contributed by atoms with van der Waals surface area (Å²) in [4.78, 5) is 6.84. The van der Waals surface area contributed by atoms with Crippen LogP contribution in [0.1, 0.15) is 37.7 Å². The first-order chi connectivity index (χ1) is 12.8. The summed E-state index contributed by atoms with van der Waals surface area (Å²) in [6, 6.07) is 6.80. The van der Waals surface area contributed by atoms with Crippen LogP contribution in [-0.4, -0.2) is 65.1 Å². The highest BCUT2D eigenvalue weighted by Gasteiger charge is 2.32. The molecule has 1 saturated heterocycles. The van der Waals surface area contributed by atoms with Gasteiger partial charge in [0, 0.05) is 45.1 Å². The molecule has 1 fully saturated rings. The third-order valence-electron chi connectivity index (χ3n) is 5.63. The van der Waals surface area contributed by atoms with Gasteiger partial charge in [-0.2, -0.15) is 10.2 Å². The minimum absolute atomic E-state index is 0.0302. The van der Waals surface area contributed by atoms with E-state index in [-0.39, 0.29) is 5.41 Å². The van der Waals surface area contributed by atoms with Crippen molar-refractivity contribution in [2.45, 2.75) is 45.2 Å². The lowest BCUT2D eigenvalue weighted by Gasteiger charge is -2.44. The van der Waals surface area contributed by atoms with E-state index in [1.165, 1.54) is 5.56 Å². The predicted molar refractivity (Wildman–Crippen MR) is 107 cm³/mol. The van der Waals surface area contributed by atoms with Crippen molar-refractivity contribution in [1.29, 1.82) is 0 Å². The Hall–Kier alpha value is -2.28. The molecule has 0 atom stereocenters. The number of hydrogen-bond acceptors (Lipinski definition) is 7. The molecule has 4 heterocycles. The molecule has 0 bridgehead atoms. The molecule has 2 aliphatic rings. The predicted octanol–water partition coefficient (Wildman–Crippen LogP) is 1.88. The van der Waals surface area contributed by atoms with Gasteiger partial charge in [-0.05, 0) is 30.8 Å². The summed E-state index contributed by atoms with van der Waals surface area (Å²) in [5.74, 6) is 1.91. The third kappa shape index (κ3) is 3.60. The van der Waals surface area contributed by atoms with Crippen LogP contribution in [-0.2, 0) is 18.4 Å². The molecule has 0 radical (unpaired) electrons. The van der Waals surface area contributed by atoms with E-state index in [4.69, 9.17) is 0 Å². The number of rotatable bonds is 3. The van der Waals surface area contributed by atoms with Gasteiger partial charge < -0.3 is 14.7 Å². The second kappa shape index (κ2) is 6.71. The first-order valence-electron chi connectivity index (χ1n) is 9.67. The summed E-state index contributed by atoms with van der Waals surface area (Å²) < 4.78 is 0. The van der Waals surface area contributed by atoms with Crippen molar-refractivity contribution in [2.75, 3.05) is 43.5 Å². The number of aromatic nitrogens is 4. The molecular weight excluding hydrogens is 338 g/mol. The maximum Gasteiger partial charge on any atom is 0.151 e. The molecule has 7 heteroatoms. The van der Waals surface area contributed by atoms with Crippen LogP contribution in [0.2, 0.25) is 0 Å². The van der Waals surface area contributed by atoms with E-state index in [1.54, 1.807) is 0 Å². The van der Waals surface area contributed by atoms with Crippen LogP contribution in [0.15, 0.2) is 18.2 Å². The van der Waals surface area contributed by atoms with Gasteiger partial charge in [0.25, 0.3) is 0 Å². The summed E-state index contributed by atoms with van der Waals surface area (Å²) >= 11 is 0. The van der Waals surface area contributed by atoms with Crippen molar-refractivity contribution in [2.24, 2.45) is 0 Å². The number of likely N-dealkylation sites (N-methyl/N-ethyl adjacent to an activating group) is 2. The summed E-state index contributed by atoms with van der Waals surface area (Å²) in [5.41, 5.74) is 3.51. The zero-order valence-corrected chi connectivity index (χ0v) is 17.0. The Labute approximate surface area is 161 Å². The molecular formula is C20H29N7. The summed E-state index contributed by atoms with van der Waals surface area (Å²) in [6.07, 6.45) is 0.989. The van der Waals surface area contributed by atoms with Gasteiger partial charge in [0.05, 0.1) is 17.4 Å². The molecule has 0 saturated carbocycles. The lowest BCUT2D eigenvalue weighted by Crippen LogP contribution is -2.59. The molecule has 7 nitrogen and oxygen atoms in total. The Balaban J connectivity index is 1.40. The van der Waals surface area contributed by atoms with Crippen molar-refractivity contribution < 1.29 is 0 Å². The minimum Gasteiger partial charge on any atom is -0.352 e. The van der Waals surface area contributed by atoms with Gasteiger partial charge in [0.15, 0.2) is 11.6 Å². The first-order valence-corrected chi connectivity index (χ1v) is 9.67. The molecule has 27 heavy (non-hydrogen) atoms. The summed E-state index contributed by atoms with van der Waals surface area (Å²) in [6.45, 7) is 10.3. The zero-order chi connectivity index (χ0) is 19.2. The highest BCUT2D eigenvalue weighted by Crippen LogP contribution is 2.27. The van der Waals surface area contributed by atoms with E-state index in [0.717, 1.165) is 55.6 Å². The maximum atomic E-state index is 4.47. The zero-order valence-electron chi connectivity index (χ0n) is 17.0. The van der Waals surface area contributed by atoms with E-state index in [2.05, 4.69) is 88.2 Å². The molecule has 144 valence electrons. The fourth-order valence-electron chi connectivity index (χ4n) is 3.60. The normalized spacial score (nSPS) is 18.2. The molecule has 2 aliphatic heterocycles. The average molecular weight is 368 g/mol. The molecule has 2 aromatic rings. The van der Waals surface area contributed by atoms with Gasteiger partial charge >= 0.3 is 0 Å². The van der Waals surface area contributed by atoms with Crippen LogP contribution in [0, 0.1) is 0 Å². The van der Waals surface area contributed by atoms with E-state index in [0.29, 0.717) is 6.04 Å². The second-order valence-corrected chi connectivity index (χ2v) is 8.86. The second-order valence-electron chi connectivity index (χ2n) is 8.86. The van der Waals surface area contributed by atoms with Gasteiger partial charge in [-0.3, -0.25) is 0 Å². The van der Waals surface area contributed by atoms with E-state index in [9.17, 15) is 0 Å². The number of hydrogen-bond donors (Lipinski definition) is 0. The quantitative estimate of drug-likeness (QED) is 0.821.